The summed E-state index contributed by atoms with van der Waals surface area (Å²) in [6.07, 6.45) is 0. The number of fused-ring (bicyclic) bond motifs is 3. The molecule has 198 valence electrons. The second kappa shape index (κ2) is 9.87. The van der Waals surface area contributed by atoms with Crippen molar-refractivity contribution in [1.82, 2.24) is 9.55 Å². The molecule has 0 aliphatic carbocycles. The molecule has 0 bridgehead atoms. The summed E-state index contributed by atoms with van der Waals surface area (Å²) in [7, 11) is 0. The van der Waals surface area contributed by atoms with E-state index in [-0.39, 0.29) is 62.7 Å². The van der Waals surface area contributed by atoms with Crippen molar-refractivity contribution >= 4 is 32.6 Å². The summed E-state index contributed by atoms with van der Waals surface area (Å²) in [4.78, 5) is 4.43. The summed E-state index contributed by atoms with van der Waals surface area (Å²) in [6, 6.07) is 27.1. The highest BCUT2D eigenvalue weighted by atomic mass is 15.1. The summed E-state index contributed by atoms with van der Waals surface area (Å²) in [5.74, 6) is -0.178. The van der Waals surface area contributed by atoms with Crippen LogP contribution in [0.15, 0.2) is 151 Å². The van der Waals surface area contributed by atoms with Gasteiger partial charge < -0.3 is 0 Å². The second-order valence-electron chi connectivity index (χ2n) is 10.0. The van der Waals surface area contributed by atoms with Crippen molar-refractivity contribution in [2.45, 2.75) is 6.85 Å². The monoisotopic (exact) mass is 547 g/mol. The van der Waals surface area contributed by atoms with E-state index in [2.05, 4.69) is 4.98 Å². The first-order valence-electron chi connectivity index (χ1n) is 19.0. The van der Waals surface area contributed by atoms with Crippen LogP contribution < -0.4 is 0 Å². The van der Waals surface area contributed by atoms with Gasteiger partial charge in [-0.05, 0) is 92.1 Å². The Balaban J connectivity index is 1.57. The minimum atomic E-state index is -2.59. The van der Waals surface area contributed by atoms with Crippen LogP contribution in [0.2, 0.25) is 0 Å². The summed E-state index contributed by atoms with van der Waals surface area (Å²) in [5.41, 5.74) is 4.35. The van der Waals surface area contributed by atoms with Gasteiger partial charge in [-0.3, -0.25) is 4.57 Å². The molecular weight excluding hydrogens is 508 g/mol. The predicted octanol–water partition coefficient (Wildman–Crippen LogP) is 10.6. The lowest BCUT2D eigenvalue weighted by atomic mass is 9.85. The van der Waals surface area contributed by atoms with E-state index >= 15 is 0 Å². The number of benzene rings is 7. The molecule has 42 heavy (non-hydrogen) atoms. The fourth-order valence-electron chi connectivity index (χ4n) is 5.78. The SMILES string of the molecule is [2H]c1c([2H])c([2H])c2c(-c3cccc(-n4c(C([2H])([2H])[2H])nc5ccccc54)c3)c3c([2H])c([2H])c([2H])c([2H])c3c(-c3cccc(-c4ccccc4)c3)c2c1[2H]. The van der Waals surface area contributed by atoms with Crippen LogP contribution in [-0.2, 0) is 0 Å². The molecule has 0 spiro atoms. The quantitative estimate of drug-likeness (QED) is 0.200. The Labute approximate surface area is 260 Å². The topological polar surface area (TPSA) is 17.8 Å². The Bertz CT molecular complexity index is 2730. The third-order valence-electron chi connectivity index (χ3n) is 7.59. The number of hydrogen-bond acceptors (Lipinski definition) is 1. The lowest BCUT2D eigenvalue weighted by Gasteiger charge is -2.19. The van der Waals surface area contributed by atoms with Crippen molar-refractivity contribution < 1.29 is 15.1 Å². The Morgan fingerprint density at radius 1 is 0.548 bits per heavy atom. The van der Waals surface area contributed by atoms with Crippen LogP contribution in [0.25, 0.3) is 71.6 Å². The molecule has 0 N–H and O–H groups in total. The number of aromatic nitrogens is 2. The van der Waals surface area contributed by atoms with Crippen LogP contribution >= 0.6 is 0 Å². The van der Waals surface area contributed by atoms with Crippen molar-refractivity contribution in [3.63, 3.8) is 0 Å². The van der Waals surface area contributed by atoms with Crippen LogP contribution in [0, 0.1) is 6.85 Å². The lowest BCUT2D eigenvalue weighted by Crippen LogP contribution is -1.97. The Kier molecular flexibility index (Phi) is 3.64. The van der Waals surface area contributed by atoms with E-state index in [0.717, 1.165) is 11.1 Å². The lowest BCUT2D eigenvalue weighted by molar-refractivity contribution is 1.00. The molecule has 2 heteroatoms. The molecular formula is C40H28N2. The van der Waals surface area contributed by atoms with E-state index in [4.69, 9.17) is 9.60 Å². The highest BCUT2D eigenvalue weighted by Crippen LogP contribution is 2.44. The maximum atomic E-state index is 9.29. The van der Waals surface area contributed by atoms with Crippen LogP contribution in [-0.4, -0.2) is 9.55 Å². The van der Waals surface area contributed by atoms with E-state index < -0.39 is 31.0 Å². The number of imidazole rings is 1. The van der Waals surface area contributed by atoms with E-state index in [1.165, 1.54) is 4.57 Å². The maximum Gasteiger partial charge on any atom is 0.111 e. The van der Waals surface area contributed by atoms with Gasteiger partial charge in [-0.25, -0.2) is 4.98 Å². The molecule has 1 heterocycles. The zero-order valence-electron chi connectivity index (χ0n) is 33.2. The molecule has 8 rings (SSSR count). The first kappa shape index (κ1) is 15.5. The van der Waals surface area contributed by atoms with Gasteiger partial charge in [-0.15, -0.1) is 0 Å². The molecule has 0 saturated heterocycles. The number of nitrogens with zero attached hydrogens (tertiary/aromatic N) is 2. The molecule has 7 aromatic carbocycles. The molecule has 0 amide bonds. The van der Waals surface area contributed by atoms with Gasteiger partial charge in [0.1, 0.15) is 5.82 Å². The molecule has 0 unspecified atom stereocenters. The van der Waals surface area contributed by atoms with Crippen LogP contribution in [0.1, 0.15) is 20.9 Å². The minimum absolute atomic E-state index is 0.0670. The molecule has 0 radical (unpaired) electrons. The summed E-state index contributed by atoms with van der Waals surface area (Å²) in [6.45, 7) is -2.59. The Morgan fingerprint density at radius 3 is 1.76 bits per heavy atom. The summed E-state index contributed by atoms with van der Waals surface area (Å²) in [5, 5.41) is 0.320. The van der Waals surface area contributed by atoms with Gasteiger partial charge in [-0.1, -0.05) is 121 Å². The van der Waals surface area contributed by atoms with E-state index in [1.807, 2.05) is 48.5 Å². The molecule has 2 nitrogen and oxygen atoms in total. The average molecular weight is 548 g/mol. The first-order chi connectivity index (χ1) is 25.3. The molecule has 0 aliphatic heterocycles. The van der Waals surface area contributed by atoms with Gasteiger partial charge in [0.05, 0.1) is 22.0 Å². The average Bonchev–Trinajstić information content (AvgIpc) is 3.58. The Hall–Kier alpha value is -5.47. The maximum absolute atomic E-state index is 9.29. The van der Waals surface area contributed by atoms with Crippen molar-refractivity contribution in [3.05, 3.63) is 157 Å². The molecule has 0 saturated carbocycles. The van der Waals surface area contributed by atoms with Crippen molar-refractivity contribution in [3.8, 4) is 39.1 Å². The fourth-order valence-corrected chi connectivity index (χ4v) is 5.78. The summed E-state index contributed by atoms with van der Waals surface area (Å²) >= 11 is 0. The number of rotatable bonds is 4. The second-order valence-corrected chi connectivity index (χ2v) is 10.0. The highest BCUT2D eigenvalue weighted by Gasteiger charge is 2.18. The normalized spacial score (nSPS) is 15.5. The van der Waals surface area contributed by atoms with Crippen LogP contribution in [0.5, 0.6) is 0 Å². The van der Waals surface area contributed by atoms with Crippen LogP contribution in [0.3, 0.4) is 0 Å². The van der Waals surface area contributed by atoms with Crippen LogP contribution in [0.4, 0.5) is 0 Å². The third-order valence-corrected chi connectivity index (χ3v) is 7.59. The van der Waals surface area contributed by atoms with Gasteiger partial charge in [-0.2, -0.15) is 0 Å². The third kappa shape index (κ3) is 3.92. The number of para-hydroxylation sites is 2. The van der Waals surface area contributed by atoms with Gasteiger partial charge in [0.15, 0.2) is 0 Å². The fraction of sp³-hybridized carbons (Fsp3) is 0.0250. The van der Waals surface area contributed by atoms with Crippen molar-refractivity contribution in [1.29, 1.82) is 0 Å². The molecule has 0 aliphatic rings. The zero-order valence-corrected chi connectivity index (χ0v) is 22.2. The van der Waals surface area contributed by atoms with E-state index in [1.54, 1.807) is 54.6 Å². The van der Waals surface area contributed by atoms with Crippen molar-refractivity contribution in [2.24, 2.45) is 0 Å². The zero-order chi connectivity index (χ0) is 37.5. The van der Waals surface area contributed by atoms with Crippen molar-refractivity contribution in [2.75, 3.05) is 0 Å². The standard InChI is InChI=1S/C40H28N2/c1-27-41-37-23-9-10-24-38(37)42(27)32-18-12-17-31(26-32)40-35-21-7-5-19-33(35)39(34-20-6-8-22-36(34)40)30-16-11-15-29(25-30)28-13-3-2-4-14-28/h2-26H,1H3/i1D3,5D,6D,7D,8D,19D,20D,21D,22D. The number of aryl methyl sites for hydroxylation is 1. The van der Waals surface area contributed by atoms with E-state index in [9.17, 15) is 5.48 Å². The first-order valence-corrected chi connectivity index (χ1v) is 13.5. The molecule has 8 aromatic rings. The minimum Gasteiger partial charge on any atom is -0.297 e. The molecule has 0 fully saturated rings. The summed E-state index contributed by atoms with van der Waals surface area (Å²) < 4.78 is 98.5. The van der Waals surface area contributed by atoms with Gasteiger partial charge in [0.2, 0.25) is 0 Å². The molecule has 0 atom stereocenters. The smallest absolute Gasteiger partial charge is 0.111 e. The molecule has 1 aromatic heterocycles. The van der Waals surface area contributed by atoms with E-state index in [0.29, 0.717) is 27.8 Å². The van der Waals surface area contributed by atoms with Gasteiger partial charge >= 0.3 is 0 Å². The number of hydrogen-bond donors (Lipinski definition) is 0. The predicted molar refractivity (Wildman–Crippen MR) is 177 cm³/mol. The van der Waals surface area contributed by atoms with Gasteiger partial charge in [0, 0.05) is 9.80 Å². The largest absolute Gasteiger partial charge is 0.297 e. The Morgan fingerprint density at radius 2 is 1.10 bits per heavy atom. The van der Waals surface area contributed by atoms with Gasteiger partial charge in [0.25, 0.3) is 0 Å². The highest BCUT2D eigenvalue weighted by molar-refractivity contribution is 6.21.